The second-order valence-corrected chi connectivity index (χ2v) is 6.30. The minimum atomic E-state index is -0.158. The molecule has 0 unspecified atom stereocenters. The summed E-state index contributed by atoms with van der Waals surface area (Å²) in [5.74, 6) is -0.158. The smallest absolute Gasteiger partial charge is 0.258 e. The van der Waals surface area contributed by atoms with E-state index in [0.717, 1.165) is 40.0 Å². The fourth-order valence-corrected chi connectivity index (χ4v) is 3.28. The highest BCUT2D eigenvalue weighted by atomic mass is 32.1. The molecule has 0 saturated heterocycles. The Morgan fingerprint density at radius 2 is 1.96 bits per heavy atom. The summed E-state index contributed by atoms with van der Waals surface area (Å²) in [5, 5.41) is 13.2. The molecular formula is C17H18N4OS. The number of anilines is 1. The van der Waals surface area contributed by atoms with Crippen LogP contribution in [0.2, 0.25) is 0 Å². The molecule has 0 saturated carbocycles. The van der Waals surface area contributed by atoms with Gasteiger partial charge in [-0.15, -0.1) is 10.2 Å². The SMILES string of the molecule is CCc1nnc(NC(=O)c2c(C)c(CC)nc3ccccc23)s1. The third kappa shape index (κ3) is 2.94. The molecule has 1 aromatic carbocycles. The number of carbonyl (C=O) groups excluding carboxylic acids is 1. The Bertz CT molecular complexity index is 872. The van der Waals surface area contributed by atoms with Crippen molar-refractivity contribution in [3.8, 4) is 0 Å². The van der Waals surface area contributed by atoms with Crippen molar-refractivity contribution < 1.29 is 4.79 Å². The Balaban J connectivity index is 2.06. The molecule has 6 heteroatoms. The number of amides is 1. The zero-order chi connectivity index (χ0) is 16.4. The third-order valence-corrected chi connectivity index (χ3v) is 4.77. The van der Waals surface area contributed by atoms with Crippen molar-refractivity contribution in [1.82, 2.24) is 15.2 Å². The van der Waals surface area contributed by atoms with Crippen molar-refractivity contribution in [2.24, 2.45) is 0 Å². The number of nitrogens with zero attached hydrogens (tertiary/aromatic N) is 3. The van der Waals surface area contributed by atoms with Crippen molar-refractivity contribution in [3.63, 3.8) is 0 Å². The van der Waals surface area contributed by atoms with Crippen LogP contribution in [0.3, 0.4) is 0 Å². The summed E-state index contributed by atoms with van der Waals surface area (Å²) in [5.41, 5.74) is 3.37. The lowest BCUT2D eigenvalue weighted by Crippen LogP contribution is -2.15. The Morgan fingerprint density at radius 3 is 2.65 bits per heavy atom. The number of rotatable bonds is 4. The van der Waals surface area contributed by atoms with E-state index in [2.05, 4.69) is 20.5 Å². The zero-order valence-corrected chi connectivity index (χ0v) is 14.2. The zero-order valence-electron chi connectivity index (χ0n) is 13.4. The molecule has 0 aliphatic rings. The van der Waals surface area contributed by atoms with Crippen molar-refractivity contribution in [2.45, 2.75) is 33.6 Å². The molecule has 23 heavy (non-hydrogen) atoms. The monoisotopic (exact) mass is 326 g/mol. The van der Waals surface area contributed by atoms with Crippen LogP contribution in [-0.4, -0.2) is 21.1 Å². The van der Waals surface area contributed by atoms with E-state index in [0.29, 0.717) is 10.7 Å². The molecule has 2 heterocycles. The van der Waals surface area contributed by atoms with E-state index in [4.69, 9.17) is 0 Å². The molecule has 0 bridgehead atoms. The van der Waals surface area contributed by atoms with Gasteiger partial charge < -0.3 is 0 Å². The van der Waals surface area contributed by atoms with Gasteiger partial charge in [-0.1, -0.05) is 43.4 Å². The van der Waals surface area contributed by atoms with Crippen LogP contribution in [0, 0.1) is 6.92 Å². The lowest BCUT2D eigenvalue weighted by molar-refractivity contribution is 0.102. The van der Waals surface area contributed by atoms with Crippen LogP contribution >= 0.6 is 11.3 Å². The molecule has 0 spiro atoms. The predicted octanol–water partition coefficient (Wildman–Crippen LogP) is 3.77. The second kappa shape index (κ2) is 6.42. The van der Waals surface area contributed by atoms with Crippen molar-refractivity contribution in [1.29, 1.82) is 0 Å². The number of fused-ring (bicyclic) bond motifs is 1. The van der Waals surface area contributed by atoms with Crippen LogP contribution < -0.4 is 5.32 Å². The van der Waals surface area contributed by atoms with E-state index < -0.39 is 0 Å². The minimum Gasteiger partial charge on any atom is -0.296 e. The summed E-state index contributed by atoms with van der Waals surface area (Å²) in [7, 11) is 0. The molecule has 3 rings (SSSR count). The average molecular weight is 326 g/mol. The van der Waals surface area contributed by atoms with E-state index in [1.165, 1.54) is 11.3 Å². The fourth-order valence-electron chi connectivity index (χ4n) is 2.60. The van der Waals surface area contributed by atoms with Crippen LogP contribution in [-0.2, 0) is 12.8 Å². The van der Waals surface area contributed by atoms with Crippen LogP contribution in [0.1, 0.15) is 40.5 Å². The molecule has 0 fully saturated rings. The Morgan fingerprint density at radius 1 is 1.17 bits per heavy atom. The first-order valence-corrected chi connectivity index (χ1v) is 8.47. The first-order valence-electron chi connectivity index (χ1n) is 7.66. The summed E-state index contributed by atoms with van der Waals surface area (Å²) in [6.07, 6.45) is 1.60. The van der Waals surface area contributed by atoms with Crippen LogP contribution in [0.4, 0.5) is 5.13 Å². The Hall–Kier alpha value is -2.34. The number of aromatic nitrogens is 3. The normalized spacial score (nSPS) is 10.9. The first kappa shape index (κ1) is 15.6. The highest BCUT2D eigenvalue weighted by Crippen LogP contribution is 2.25. The number of para-hydroxylation sites is 1. The third-order valence-electron chi connectivity index (χ3n) is 3.79. The van der Waals surface area contributed by atoms with Gasteiger partial charge in [0, 0.05) is 11.1 Å². The van der Waals surface area contributed by atoms with E-state index >= 15 is 0 Å². The van der Waals surface area contributed by atoms with E-state index in [-0.39, 0.29) is 5.91 Å². The summed E-state index contributed by atoms with van der Waals surface area (Å²) in [4.78, 5) is 17.5. The molecule has 0 aliphatic heterocycles. The number of pyridine rings is 1. The number of aryl methyl sites for hydroxylation is 2. The lowest BCUT2D eigenvalue weighted by atomic mass is 9.99. The topological polar surface area (TPSA) is 67.8 Å². The fraction of sp³-hybridized carbons (Fsp3) is 0.294. The molecule has 2 aromatic heterocycles. The molecule has 1 N–H and O–H groups in total. The second-order valence-electron chi connectivity index (χ2n) is 5.24. The Kier molecular flexibility index (Phi) is 4.34. The van der Waals surface area contributed by atoms with Gasteiger partial charge in [-0.2, -0.15) is 0 Å². The van der Waals surface area contributed by atoms with Gasteiger partial charge in [0.15, 0.2) is 0 Å². The average Bonchev–Trinajstić information content (AvgIpc) is 3.01. The molecule has 3 aromatic rings. The van der Waals surface area contributed by atoms with Gasteiger partial charge in [-0.3, -0.25) is 15.1 Å². The molecule has 0 atom stereocenters. The van der Waals surface area contributed by atoms with Gasteiger partial charge >= 0.3 is 0 Å². The first-order chi connectivity index (χ1) is 11.1. The van der Waals surface area contributed by atoms with Gasteiger partial charge in [0.2, 0.25) is 5.13 Å². The predicted molar refractivity (Wildman–Crippen MR) is 93.1 cm³/mol. The van der Waals surface area contributed by atoms with Gasteiger partial charge in [0.25, 0.3) is 5.91 Å². The number of hydrogen-bond donors (Lipinski definition) is 1. The molecule has 118 valence electrons. The highest BCUT2D eigenvalue weighted by Gasteiger charge is 2.18. The number of carbonyl (C=O) groups is 1. The maximum atomic E-state index is 12.8. The van der Waals surface area contributed by atoms with E-state index in [9.17, 15) is 4.79 Å². The van der Waals surface area contributed by atoms with Crippen molar-refractivity contribution in [2.75, 3.05) is 5.32 Å². The minimum absolute atomic E-state index is 0.158. The summed E-state index contributed by atoms with van der Waals surface area (Å²) in [6.45, 7) is 6.01. The van der Waals surface area contributed by atoms with Gasteiger partial charge in [0.1, 0.15) is 5.01 Å². The van der Waals surface area contributed by atoms with Gasteiger partial charge in [-0.25, -0.2) is 0 Å². The standard InChI is InChI=1S/C17H18N4OS/c1-4-12-10(3)15(11-8-6-7-9-13(11)18-12)16(22)19-17-21-20-14(5-2)23-17/h6-9H,4-5H2,1-3H3,(H,19,21,22). The van der Waals surface area contributed by atoms with Gasteiger partial charge in [-0.05, 0) is 31.4 Å². The molecule has 5 nitrogen and oxygen atoms in total. The maximum Gasteiger partial charge on any atom is 0.258 e. The van der Waals surface area contributed by atoms with Crippen LogP contribution in [0.25, 0.3) is 10.9 Å². The lowest BCUT2D eigenvalue weighted by Gasteiger charge is -2.12. The maximum absolute atomic E-state index is 12.8. The van der Waals surface area contributed by atoms with Gasteiger partial charge in [0.05, 0.1) is 11.1 Å². The van der Waals surface area contributed by atoms with Crippen molar-refractivity contribution in [3.05, 3.63) is 46.1 Å². The summed E-state index contributed by atoms with van der Waals surface area (Å²) >= 11 is 1.41. The van der Waals surface area contributed by atoms with E-state index in [1.54, 1.807) is 0 Å². The number of nitrogens with one attached hydrogen (secondary N) is 1. The summed E-state index contributed by atoms with van der Waals surface area (Å²) < 4.78 is 0. The van der Waals surface area contributed by atoms with Crippen LogP contribution in [0.15, 0.2) is 24.3 Å². The Labute approximate surface area is 138 Å². The molecule has 0 radical (unpaired) electrons. The largest absolute Gasteiger partial charge is 0.296 e. The quantitative estimate of drug-likeness (QED) is 0.792. The molecule has 1 amide bonds. The molecular weight excluding hydrogens is 308 g/mol. The molecule has 0 aliphatic carbocycles. The highest BCUT2D eigenvalue weighted by molar-refractivity contribution is 7.15. The van der Waals surface area contributed by atoms with E-state index in [1.807, 2.05) is 45.0 Å². The number of hydrogen-bond acceptors (Lipinski definition) is 5. The number of benzene rings is 1. The summed E-state index contributed by atoms with van der Waals surface area (Å²) in [6, 6.07) is 7.72. The van der Waals surface area contributed by atoms with Crippen molar-refractivity contribution >= 4 is 33.3 Å². The van der Waals surface area contributed by atoms with Crippen LogP contribution in [0.5, 0.6) is 0 Å².